The lowest BCUT2D eigenvalue weighted by Gasteiger charge is -2.21. The van der Waals surface area contributed by atoms with Gasteiger partial charge in [0.25, 0.3) is 5.69 Å². The Morgan fingerprint density at radius 3 is 2.88 bits per heavy atom. The van der Waals surface area contributed by atoms with Gasteiger partial charge in [-0.3, -0.25) is 14.9 Å². The first-order valence-electron chi connectivity index (χ1n) is 5.10. The Bertz CT molecular complexity index is 455. The van der Waals surface area contributed by atoms with Crippen molar-refractivity contribution >= 4 is 11.7 Å². The molecule has 5 nitrogen and oxygen atoms in total. The van der Waals surface area contributed by atoms with Crippen LogP contribution in [0.2, 0.25) is 0 Å². The van der Waals surface area contributed by atoms with Gasteiger partial charge in [-0.05, 0) is 24.8 Å². The van der Waals surface area contributed by atoms with Gasteiger partial charge in [-0.1, -0.05) is 12.1 Å². The van der Waals surface area contributed by atoms with Gasteiger partial charge in [0.15, 0.2) is 0 Å². The van der Waals surface area contributed by atoms with Gasteiger partial charge < -0.3 is 5.11 Å². The Morgan fingerprint density at radius 1 is 1.50 bits per heavy atom. The minimum atomic E-state index is -0.901. The molecule has 1 unspecified atom stereocenters. The van der Waals surface area contributed by atoms with Gasteiger partial charge >= 0.3 is 5.97 Å². The van der Waals surface area contributed by atoms with Crippen LogP contribution >= 0.6 is 0 Å². The zero-order valence-electron chi connectivity index (χ0n) is 8.55. The topological polar surface area (TPSA) is 80.4 Å². The Morgan fingerprint density at radius 2 is 2.25 bits per heavy atom. The van der Waals surface area contributed by atoms with Crippen LogP contribution in [0.3, 0.4) is 0 Å². The molecule has 2 rings (SSSR count). The number of carbonyl (C=O) groups is 1. The Labute approximate surface area is 91.9 Å². The summed E-state index contributed by atoms with van der Waals surface area (Å²) in [5, 5.41) is 19.9. The monoisotopic (exact) mass is 221 g/mol. The highest BCUT2D eigenvalue weighted by molar-refractivity contribution is 5.77. The molecule has 1 aliphatic carbocycles. The predicted molar refractivity (Wildman–Crippen MR) is 56.4 cm³/mol. The highest BCUT2D eigenvalue weighted by Gasteiger charge is 2.30. The second kappa shape index (κ2) is 3.92. The Hall–Kier alpha value is -1.91. The molecule has 5 heteroatoms. The summed E-state index contributed by atoms with van der Waals surface area (Å²) in [7, 11) is 0. The summed E-state index contributed by atoms with van der Waals surface area (Å²) >= 11 is 0. The summed E-state index contributed by atoms with van der Waals surface area (Å²) in [6.07, 6.45) is 1.84. The van der Waals surface area contributed by atoms with Crippen LogP contribution in [0.1, 0.15) is 29.9 Å². The maximum atomic E-state index is 11.0. The van der Waals surface area contributed by atoms with Crippen molar-refractivity contribution in [1.29, 1.82) is 0 Å². The third-order valence-electron chi connectivity index (χ3n) is 2.98. The largest absolute Gasteiger partial charge is 0.481 e. The quantitative estimate of drug-likeness (QED) is 0.612. The smallest absolute Gasteiger partial charge is 0.310 e. The number of fused-ring (bicyclic) bond motifs is 1. The third kappa shape index (κ3) is 1.64. The average molecular weight is 221 g/mol. The van der Waals surface area contributed by atoms with E-state index >= 15 is 0 Å². The van der Waals surface area contributed by atoms with E-state index in [0.29, 0.717) is 30.4 Å². The van der Waals surface area contributed by atoms with E-state index in [2.05, 4.69) is 0 Å². The van der Waals surface area contributed by atoms with Crippen molar-refractivity contribution in [3.63, 3.8) is 0 Å². The number of carboxylic acids is 1. The number of aliphatic carboxylic acids is 1. The lowest BCUT2D eigenvalue weighted by molar-refractivity contribution is -0.385. The van der Waals surface area contributed by atoms with Crippen molar-refractivity contribution in [3.05, 3.63) is 39.4 Å². The molecule has 0 heterocycles. The van der Waals surface area contributed by atoms with E-state index in [1.807, 2.05) is 0 Å². The molecule has 0 fully saturated rings. The van der Waals surface area contributed by atoms with E-state index in [1.165, 1.54) is 6.07 Å². The van der Waals surface area contributed by atoms with Crippen molar-refractivity contribution in [3.8, 4) is 0 Å². The first-order chi connectivity index (χ1) is 7.61. The van der Waals surface area contributed by atoms with Crippen LogP contribution in [0.5, 0.6) is 0 Å². The fraction of sp³-hybridized carbons (Fsp3) is 0.364. The van der Waals surface area contributed by atoms with Gasteiger partial charge in [0.1, 0.15) is 0 Å². The van der Waals surface area contributed by atoms with Crippen molar-refractivity contribution in [1.82, 2.24) is 0 Å². The number of benzene rings is 1. The Kier molecular flexibility index (Phi) is 2.60. The summed E-state index contributed by atoms with van der Waals surface area (Å²) in [5.74, 6) is -1.50. The number of carboxylic acid groups (broad SMARTS) is 1. The summed E-state index contributed by atoms with van der Waals surface area (Å²) < 4.78 is 0. The van der Waals surface area contributed by atoms with Crippen LogP contribution in [-0.2, 0) is 11.2 Å². The number of nitro benzene ring substituents is 1. The average Bonchev–Trinajstić information content (AvgIpc) is 2.27. The lowest BCUT2D eigenvalue weighted by Crippen LogP contribution is -2.18. The van der Waals surface area contributed by atoms with Crippen LogP contribution in [0.15, 0.2) is 18.2 Å². The lowest BCUT2D eigenvalue weighted by atomic mass is 9.82. The van der Waals surface area contributed by atoms with Gasteiger partial charge in [-0.2, -0.15) is 0 Å². The zero-order chi connectivity index (χ0) is 11.7. The highest BCUT2D eigenvalue weighted by atomic mass is 16.6. The first kappa shape index (κ1) is 10.6. The van der Waals surface area contributed by atoms with Crippen LogP contribution < -0.4 is 0 Å². The summed E-state index contributed by atoms with van der Waals surface area (Å²) in [4.78, 5) is 21.4. The third-order valence-corrected chi connectivity index (χ3v) is 2.98. The molecular weight excluding hydrogens is 210 g/mol. The molecule has 0 aromatic heterocycles. The van der Waals surface area contributed by atoms with E-state index in [4.69, 9.17) is 5.11 Å². The number of hydrogen-bond acceptors (Lipinski definition) is 3. The summed E-state index contributed by atoms with van der Waals surface area (Å²) in [6.45, 7) is 0. The maximum Gasteiger partial charge on any atom is 0.310 e. The van der Waals surface area contributed by atoms with E-state index in [-0.39, 0.29) is 5.69 Å². The van der Waals surface area contributed by atoms with Crippen molar-refractivity contribution < 1.29 is 14.8 Å². The second-order valence-electron chi connectivity index (χ2n) is 3.89. The van der Waals surface area contributed by atoms with Gasteiger partial charge in [0.05, 0.1) is 10.8 Å². The first-order valence-corrected chi connectivity index (χ1v) is 5.10. The van der Waals surface area contributed by atoms with Gasteiger partial charge in [0.2, 0.25) is 0 Å². The fourth-order valence-corrected chi connectivity index (χ4v) is 2.26. The van der Waals surface area contributed by atoms with E-state index in [9.17, 15) is 14.9 Å². The molecule has 84 valence electrons. The molecule has 0 aliphatic heterocycles. The molecule has 0 saturated carbocycles. The predicted octanol–water partition coefficient (Wildman–Crippen LogP) is 2.10. The number of hydrogen-bond donors (Lipinski definition) is 1. The van der Waals surface area contributed by atoms with Crippen LogP contribution in [-0.4, -0.2) is 16.0 Å². The molecule has 0 radical (unpaired) electrons. The second-order valence-corrected chi connectivity index (χ2v) is 3.89. The van der Waals surface area contributed by atoms with Crippen LogP contribution in [0.4, 0.5) is 5.69 Å². The van der Waals surface area contributed by atoms with Gasteiger partial charge in [0, 0.05) is 11.6 Å². The van der Waals surface area contributed by atoms with Crippen molar-refractivity contribution in [2.75, 3.05) is 0 Å². The number of nitrogens with zero attached hydrogens (tertiary/aromatic N) is 1. The van der Waals surface area contributed by atoms with Gasteiger partial charge in [-0.15, -0.1) is 0 Å². The molecular formula is C11H11NO4. The molecule has 16 heavy (non-hydrogen) atoms. The van der Waals surface area contributed by atoms with E-state index < -0.39 is 16.8 Å². The SMILES string of the molecule is O=C(O)C1CCCc2c1cccc2[N+](=O)[O-]. The summed E-state index contributed by atoms with van der Waals surface area (Å²) in [5.41, 5.74) is 1.24. The van der Waals surface area contributed by atoms with Gasteiger partial charge in [-0.25, -0.2) is 0 Å². The van der Waals surface area contributed by atoms with Crippen LogP contribution in [0.25, 0.3) is 0 Å². The maximum absolute atomic E-state index is 11.0. The van der Waals surface area contributed by atoms with Crippen molar-refractivity contribution in [2.45, 2.75) is 25.2 Å². The highest BCUT2D eigenvalue weighted by Crippen LogP contribution is 2.36. The minimum Gasteiger partial charge on any atom is -0.481 e. The molecule has 1 aromatic carbocycles. The van der Waals surface area contributed by atoms with E-state index in [1.54, 1.807) is 12.1 Å². The normalized spacial score (nSPS) is 18.9. The summed E-state index contributed by atoms with van der Waals surface area (Å²) in [6, 6.07) is 4.67. The zero-order valence-corrected chi connectivity index (χ0v) is 8.55. The number of nitro groups is 1. The van der Waals surface area contributed by atoms with Crippen molar-refractivity contribution in [2.24, 2.45) is 0 Å². The molecule has 1 atom stereocenters. The molecule has 1 aliphatic rings. The fourth-order valence-electron chi connectivity index (χ4n) is 2.26. The molecule has 1 N–H and O–H groups in total. The number of rotatable bonds is 2. The Balaban J connectivity index is 2.54. The molecule has 0 bridgehead atoms. The molecule has 0 amide bonds. The minimum absolute atomic E-state index is 0.0449. The van der Waals surface area contributed by atoms with E-state index in [0.717, 1.165) is 0 Å². The van der Waals surface area contributed by atoms with Crippen LogP contribution in [0, 0.1) is 10.1 Å². The molecule has 0 saturated heterocycles. The standard InChI is InChI=1S/C11H11NO4/c13-11(14)9-5-1-4-8-7(9)3-2-6-10(8)12(15)16/h2-3,6,9H,1,4-5H2,(H,13,14). The molecule has 0 spiro atoms. The molecule has 1 aromatic rings.